The number of furan rings is 1. The molecule has 0 radical (unpaired) electrons. The van der Waals surface area contributed by atoms with E-state index in [0.717, 1.165) is 10.6 Å². The predicted octanol–water partition coefficient (Wildman–Crippen LogP) is 2.71. The van der Waals surface area contributed by atoms with Crippen molar-refractivity contribution in [3.8, 4) is 0 Å². The van der Waals surface area contributed by atoms with Crippen LogP contribution in [0.2, 0.25) is 5.02 Å². The van der Waals surface area contributed by atoms with Crippen LogP contribution < -0.4 is 9.62 Å². The van der Waals surface area contributed by atoms with Gasteiger partial charge in [-0.2, -0.15) is 0 Å². The maximum absolute atomic E-state index is 12.4. The summed E-state index contributed by atoms with van der Waals surface area (Å²) in [6, 6.07) is 7.41. The first-order valence-electron chi connectivity index (χ1n) is 7.26. The fourth-order valence-corrected chi connectivity index (χ4v) is 3.73. The minimum atomic E-state index is -3.68. The predicted molar refractivity (Wildman–Crippen MR) is 93.5 cm³/mol. The van der Waals surface area contributed by atoms with Crippen LogP contribution >= 0.6 is 11.6 Å². The molecule has 1 amide bonds. The number of hydrogen-bond donors (Lipinski definition) is 1. The number of aryl methyl sites for hydroxylation is 1. The molecular weight excluding hydrogens is 352 g/mol. The lowest BCUT2D eigenvalue weighted by atomic mass is 10.2. The van der Waals surface area contributed by atoms with Gasteiger partial charge in [0, 0.05) is 5.02 Å². The van der Waals surface area contributed by atoms with Gasteiger partial charge in [-0.3, -0.25) is 9.10 Å². The molecule has 0 spiro atoms. The minimum Gasteiger partial charge on any atom is -0.467 e. The van der Waals surface area contributed by atoms with Gasteiger partial charge < -0.3 is 9.73 Å². The molecule has 130 valence electrons. The molecule has 0 saturated carbocycles. The lowest BCUT2D eigenvalue weighted by Gasteiger charge is -2.29. The van der Waals surface area contributed by atoms with Crippen molar-refractivity contribution in [2.24, 2.45) is 0 Å². The number of halogens is 1. The zero-order chi connectivity index (χ0) is 17.9. The Hall–Kier alpha value is -1.99. The van der Waals surface area contributed by atoms with Crippen molar-refractivity contribution < 1.29 is 17.6 Å². The number of nitrogens with zero attached hydrogens (tertiary/aromatic N) is 1. The molecule has 1 unspecified atom stereocenters. The minimum absolute atomic E-state index is 0.183. The van der Waals surface area contributed by atoms with Gasteiger partial charge in [-0.25, -0.2) is 8.42 Å². The number of anilines is 1. The van der Waals surface area contributed by atoms with E-state index in [-0.39, 0.29) is 6.54 Å². The van der Waals surface area contributed by atoms with Crippen LogP contribution in [0, 0.1) is 6.92 Å². The molecular formula is C16H19ClN2O4S. The van der Waals surface area contributed by atoms with Crippen molar-refractivity contribution in [3.63, 3.8) is 0 Å². The summed E-state index contributed by atoms with van der Waals surface area (Å²) in [4.78, 5) is 12.4. The fourth-order valence-electron chi connectivity index (χ4n) is 2.34. The summed E-state index contributed by atoms with van der Waals surface area (Å²) >= 11 is 5.99. The zero-order valence-corrected chi connectivity index (χ0v) is 15.2. The first-order valence-corrected chi connectivity index (χ1v) is 9.48. The fraction of sp³-hybridized carbons (Fsp3) is 0.312. The van der Waals surface area contributed by atoms with Gasteiger partial charge in [0.1, 0.15) is 11.8 Å². The van der Waals surface area contributed by atoms with Crippen LogP contribution in [0.3, 0.4) is 0 Å². The van der Waals surface area contributed by atoms with E-state index in [2.05, 4.69) is 5.32 Å². The van der Waals surface area contributed by atoms with Gasteiger partial charge in [-0.1, -0.05) is 17.7 Å². The van der Waals surface area contributed by atoms with Gasteiger partial charge in [-0.05, 0) is 43.7 Å². The Labute approximate surface area is 146 Å². The quantitative estimate of drug-likeness (QED) is 0.847. The molecule has 1 aromatic heterocycles. The number of sulfonamides is 1. The summed E-state index contributed by atoms with van der Waals surface area (Å²) in [6.07, 6.45) is 2.56. The Morgan fingerprint density at radius 2 is 2.08 bits per heavy atom. The SMILES string of the molecule is Cc1ccc(Cl)cc1N(C(C)C(=O)NCc1ccco1)S(C)(=O)=O. The van der Waals surface area contributed by atoms with Crippen molar-refractivity contribution in [2.75, 3.05) is 10.6 Å². The third-order valence-electron chi connectivity index (χ3n) is 3.51. The summed E-state index contributed by atoms with van der Waals surface area (Å²) < 4.78 is 30.7. The van der Waals surface area contributed by atoms with Crippen molar-refractivity contribution >= 4 is 33.2 Å². The van der Waals surface area contributed by atoms with E-state index < -0.39 is 22.0 Å². The third-order valence-corrected chi connectivity index (χ3v) is 4.98. The number of amides is 1. The Kier molecular flexibility index (Phi) is 5.56. The first-order chi connectivity index (χ1) is 11.2. The van der Waals surface area contributed by atoms with Crippen LogP contribution in [-0.2, 0) is 21.4 Å². The van der Waals surface area contributed by atoms with Gasteiger partial charge in [0.05, 0.1) is 24.8 Å². The molecule has 2 aromatic rings. The average molecular weight is 371 g/mol. The smallest absolute Gasteiger partial charge is 0.243 e. The number of nitrogens with one attached hydrogen (secondary N) is 1. The monoisotopic (exact) mass is 370 g/mol. The van der Waals surface area contributed by atoms with E-state index in [0.29, 0.717) is 22.0 Å². The highest BCUT2D eigenvalue weighted by atomic mass is 35.5. The largest absolute Gasteiger partial charge is 0.467 e. The highest BCUT2D eigenvalue weighted by Gasteiger charge is 2.30. The number of carbonyl (C=O) groups is 1. The number of hydrogen-bond acceptors (Lipinski definition) is 4. The topological polar surface area (TPSA) is 79.6 Å². The lowest BCUT2D eigenvalue weighted by molar-refractivity contribution is -0.122. The Balaban J connectivity index is 2.27. The molecule has 0 aliphatic heterocycles. The molecule has 0 aliphatic rings. The molecule has 2 rings (SSSR count). The highest BCUT2D eigenvalue weighted by Crippen LogP contribution is 2.28. The van der Waals surface area contributed by atoms with Gasteiger partial charge >= 0.3 is 0 Å². The Morgan fingerprint density at radius 3 is 2.67 bits per heavy atom. The van der Waals surface area contributed by atoms with Crippen LogP contribution in [-0.4, -0.2) is 26.6 Å². The van der Waals surface area contributed by atoms with Crippen molar-refractivity contribution in [1.82, 2.24) is 5.32 Å². The van der Waals surface area contributed by atoms with Gasteiger partial charge in [0.25, 0.3) is 0 Å². The molecule has 0 aliphatic carbocycles. The molecule has 24 heavy (non-hydrogen) atoms. The summed E-state index contributed by atoms with van der Waals surface area (Å²) in [5, 5.41) is 3.07. The van der Waals surface area contributed by atoms with Gasteiger partial charge in [0.2, 0.25) is 15.9 Å². The van der Waals surface area contributed by atoms with Gasteiger partial charge in [-0.15, -0.1) is 0 Å². The second-order valence-corrected chi connectivity index (χ2v) is 7.76. The van der Waals surface area contributed by atoms with E-state index in [4.69, 9.17) is 16.0 Å². The molecule has 6 nitrogen and oxygen atoms in total. The maximum Gasteiger partial charge on any atom is 0.243 e. The molecule has 0 bridgehead atoms. The van der Waals surface area contributed by atoms with Crippen LogP contribution in [0.25, 0.3) is 0 Å². The normalized spacial score (nSPS) is 12.7. The Morgan fingerprint density at radius 1 is 1.38 bits per heavy atom. The van der Waals surface area contributed by atoms with E-state index >= 15 is 0 Å². The molecule has 0 fully saturated rings. The van der Waals surface area contributed by atoms with Crippen LogP contribution in [0.4, 0.5) is 5.69 Å². The molecule has 1 N–H and O–H groups in total. The summed E-state index contributed by atoms with van der Waals surface area (Å²) in [5.74, 6) is 0.150. The first kappa shape index (κ1) is 18.4. The van der Waals surface area contributed by atoms with E-state index in [1.165, 1.54) is 19.3 Å². The molecule has 8 heteroatoms. The van der Waals surface area contributed by atoms with E-state index in [1.807, 2.05) is 0 Å². The number of rotatable bonds is 6. The Bertz CT molecular complexity index is 819. The van der Waals surface area contributed by atoms with E-state index in [1.54, 1.807) is 31.2 Å². The maximum atomic E-state index is 12.4. The number of benzene rings is 1. The second kappa shape index (κ2) is 7.27. The molecule has 1 atom stereocenters. The summed E-state index contributed by atoms with van der Waals surface area (Å²) in [7, 11) is -3.68. The van der Waals surface area contributed by atoms with Crippen molar-refractivity contribution in [3.05, 3.63) is 52.9 Å². The summed E-state index contributed by atoms with van der Waals surface area (Å²) in [6.45, 7) is 3.47. The van der Waals surface area contributed by atoms with Crippen LogP contribution in [0.5, 0.6) is 0 Å². The van der Waals surface area contributed by atoms with Crippen LogP contribution in [0.1, 0.15) is 18.2 Å². The zero-order valence-electron chi connectivity index (χ0n) is 13.6. The molecule has 1 aromatic carbocycles. The van der Waals surface area contributed by atoms with Crippen molar-refractivity contribution in [1.29, 1.82) is 0 Å². The standard InChI is InChI=1S/C16H19ClN2O4S/c1-11-6-7-13(17)9-15(11)19(24(3,21)22)12(2)16(20)18-10-14-5-4-8-23-14/h4-9,12H,10H2,1-3H3,(H,18,20). The van der Waals surface area contributed by atoms with Crippen molar-refractivity contribution in [2.45, 2.75) is 26.4 Å². The molecule has 0 saturated heterocycles. The second-order valence-electron chi connectivity index (χ2n) is 5.46. The lowest BCUT2D eigenvalue weighted by Crippen LogP contribution is -2.47. The average Bonchev–Trinajstić information content (AvgIpc) is 3.00. The van der Waals surface area contributed by atoms with Crippen LogP contribution in [0.15, 0.2) is 41.0 Å². The summed E-state index contributed by atoms with van der Waals surface area (Å²) in [5.41, 5.74) is 1.08. The number of carbonyl (C=O) groups excluding carboxylic acids is 1. The third kappa shape index (κ3) is 4.30. The molecule has 1 heterocycles. The van der Waals surface area contributed by atoms with Gasteiger partial charge in [0.15, 0.2) is 0 Å². The highest BCUT2D eigenvalue weighted by molar-refractivity contribution is 7.92. The van der Waals surface area contributed by atoms with E-state index in [9.17, 15) is 13.2 Å².